The number of fused-ring (bicyclic) bond motifs is 1. The second-order valence-corrected chi connectivity index (χ2v) is 5.12. The number of aromatic nitrogens is 1. The van der Waals surface area contributed by atoms with E-state index in [0.717, 1.165) is 10.9 Å². The zero-order valence-electron chi connectivity index (χ0n) is 11.5. The molecule has 6 heteroatoms. The van der Waals surface area contributed by atoms with Gasteiger partial charge in [0.1, 0.15) is 11.8 Å². The highest BCUT2D eigenvalue weighted by Crippen LogP contribution is 2.30. The van der Waals surface area contributed by atoms with Gasteiger partial charge in [0.2, 0.25) is 0 Å². The lowest BCUT2D eigenvalue weighted by molar-refractivity contribution is -0.0896. The van der Waals surface area contributed by atoms with E-state index < -0.39 is 5.97 Å². The van der Waals surface area contributed by atoms with Crippen molar-refractivity contribution in [2.45, 2.75) is 6.10 Å². The molecule has 2 heterocycles. The molecule has 1 aliphatic rings. The first kappa shape index (κ1) is 14.3. The normalized spacial score (nSPS) is 18.7. The second-order valence-electron chi connectivity index (χ2n) is 4.68. The summed E-state index contributed by atoms with van der Waals surface area (Å²) in [5.41, 5.74) is 1.72. The van der Waals surface area contributed by atoms with Crippen LogP contribution in [0.3, 0.4) is 0 Å². The maximum absolute atomic E-state index is 11.8. The van der Waals surface area contributed by atoms with Gasteiger partial charge in [-0.25, -0.2) is 9.78 Å². The summed E-state index contributed by atoms with van der Waals surface area (Å²) in [5.74, 6) is -0.491. The smallest absolute Gasteiger partial charge is 0.356 e. The van der Waals surface area contributed by atoms with Gasteiger partial charge in [0, 0.05) is 10.4 Å². The minimum Gasteiger partial charge on any atom is -0.464 e. The maximum atomic E-state index is 11.8. The minimum atomic E-state index is -0.491. The number of halogens is 1. The second kappa shape index (κ2) is 5.97. The molecule has 0 aliphatic carbocycles. The molecule has 1 saturated heterocycles. The van der Waals surface area contributed by atoms with Crippen molar-refractivity contribution in [2.24, 2.45) is 0 Å². The molecule has 3 rings (SSSR count). The van der Waals surface area contributed by atoms with Crippen molar-refractivity contribution in [3.63, 3.8) is 0 Å². The van der Waals surface area contributed by atoms with Gasteiger partial charge < -0.3 is 14.2 Å². The SMILES string of the molecule is COC(=O)c1cc(C2COCCO2)c2ccc(Cl)cc2n1. The summed E-state index contributed by atoms with van der Waals surface area (Å²) in [6.07, 6.45) is -0.228. The monoisotopic (exact) mass is 307 g/mol. The van der Waals surface area contributed by atoms with Crippen molar-refractivity contribution in [1.82, 2.24) is 4.98 Å². The minimum absolute atomic E-state index is 0.228. The van der Waals surface area contributed by atoms with Crippen molar-refractivity contribution in [1.29, 1.82) is 0 Å². The number of rotatable bonds is 2. The number of hydrogen-bond acceptors (Lipinski definition) is 5. The number of methoxy groups -OCH3 is 1. The predicted octanol–water partition coefficient (Wildman–Crippen LogP) is 2.76. The predicted molar refractivity (Wildman–Crippen MR) is 77.6 cm³/mol. The first-order valence-corrected chi connectivity index (χ1v) is 6.94. The fraction of sp³-hybridized carbons (Fsp3) is 0.333. The number of hydrogen-bond donors (Lipinski definition) is 0. The third kappa shape index (κ3) is 2.85. The number of esters is 1. The molecule has 1 unspecified atom stereocenters. The number of pyridine rings is 1. The molecule has 110 valence electrons. The Morgan fingerprint density at radius 1 is 1.38 bits per heavy atom. The fourth-order valence-corrected chi connectivity index (χ4v) is 2.54. The van der Waals surface area contributed by atoms with Gasteiger partial charge in [0.15, 0.2) is 0 Å². The first-order chi connectivity index (χ1) is 10.2. The zero-order chi connectivity index (χ0) is 14.8. The lowest BCUT2D eigenvalue weighted by Crippen LogP contribution is -2.22. The van der Waals surface area contributed by atoms with Crippen LogP contribution in [0.5, 0.6) is 0 Å². The van der Waals surface area contributed by atoms with Crippen molar-refractivity contribution in [2.75, 3.05) is 26.9 Å². The van der Waals surface area contributed by atoms with Crippen LogP contribution in [0.1, 0.15) is 22.2 Å². The molecular weight excluding hydrogens is 294 g/mol. The summed E-state index contributed by atoms with van der Waals surface area (Å²) in [7, 11) is 1.33. The molecule has 1 aromatic heterocycles. The Balaban J connectivity index is 2.16. The molecular formula is C15H14ClNO4. The Hall–Kier alpha value is -1.69. The van der Waals surface area contributed by atoms with Crippen molar-refractivity contribution < 1.29 is 19.0 Å². The molecule has 0 radical (unpaired) electrons. The van der Waals surface area contributed by atoms with Crippen LogP contribution in [0.25, 0.3) is 10.9 Å². The van der Waals surface area contributed by atoms with E-state index in [1.807, 2.05) is 6.07 Å². The summed E-state index contributed by atoms with van der Waals surface area (Å²) >= 11 is 6.01. The number of ether oxygens (including phenoxy) is 3. The van der Waals surface area contributed by atoms with Gasteiger partial charge in [-0.3, -0.25) is 0 Å². The zero-order valence-corrected chi connectivity index (χ0v) is 12.2. The molecule has 5 nitrogen and oxygen atoms in total. The largest absolute Gasteiger partial charge is 0.464 e. The van der Waals surface area contributed by atoms with Gasteiger partial charge in [0.05, 0.1) is 32.4 Å². The van der Waals surface area contributed by atoms with Crippen LogP contribution in [-0.2, 0) is 14.2 Å². The third-order valence-corrected chi connectivity index (χ3v) is 3.60. The number of benzene rings is 1. The molecule has 0 amide bonds. The van der Waals surface area contributed by atoms with E-state index in [-0.39, 0.29) is 11.8 Å². The summed E-state index contributed by atoms with van der Waals surface area (Å²) in [5, 5.41) is 1.45. The number of carbonyl (C=O) groups is 1. The van der Waals surface area contributed by atoms with Gasteiger partial charge in [0.25, 0.3) is 0 Å². The molecule has 1 fully saturated rings. The number of nitrogens with zero attached hydrogens (tertiary/aromatic N) is 1. The molecule has 0 bridgehead atoms. The summed E-state index contributed by atoms with van der Waals surface area (Å²) < 4.78 is 15.9. The molecule has 21 heavy (non-hydrogen) atoms. The average molecular weight is 308 g/mol. The molecule has 0 spiro atoms. The highest BCUT2D eigenvalue weighted by molar-refractivity contribution is 6.31. The Morgan fingerprint density at radius 2 is 2.24 bits per heavy atom. The molecule has 1 aromatic carbocycles. The van der Waals surface area contributed by atoms with Crippen LogP contribution in [0.15, 0.2) is 24.3 Å². The molecule has 1 atom stereocenters. The van der Waals surface area contributed by atoms with Crippen LogP contribution >= 0.6 is 11.6 Å². The summed E-state index contributed by atoms with van der Waals surface area (Å²) in [6, 6.07) is 7.08. The van der Waals surface area contributed by atoms with Crippen molar-refractivity contribution >= 4 is 28.5 Å². The summed E-state index contributed by atoms with van der Waals surface area (Å²) in [4.78, 5) is 16.1. The van der Waals surface area contributed by atoms with Crippen molar-refractivity contribution in [3.05, 3.63) is 40.5 Å². The Bertz CT molecular complexity index is 683. The first-order valence-electron chi connectivity index (χ1n) is 6.57. The van der Waals surface area contributed by atoms with Crippen LogP contribution < -0.4 is 0 Å². The van der Waals surface area contributed by atoms with Gasteiger partial charge >= 0.3 is 5.97 Å². The lowest BCUT2D eigenvalue weighted by atomic mass is 10.0. The molecule has 2 aromatic rings. The quantitative estimate of drug-likeness (QED) is 0.799. The van der Waals surface area contributed by atoms with Crippen LogP contribution in [0, 0.1) is 0 Å². The average Bonchev–Trinajstić information content (AvgIpc) is 2.53. The Morgan fingerprint density at radius 3 is 2.95 bits per heavy atom. The topological polar surface area (TPSA) is 57.7 Å². The standard InChI is InChI=1S/C15H14ClNO4/c1-19-15(18)13-7-11(14-8-20-4-5-21-14)10-3-2-9(16)6-12(10)17-13/h2-3,6-7,14H,4-5,8H2,1H3. The van der Waals surface area contributed by atoms with Gasteiger partial charge in [-0.1, -0.05) is 17.7 Å². The van der Waals surface area contributed by atoms with Gasteiger partial charge in [-0.15, -0.1) is 0 Å². The molecule has 0 saturated carbocycles. The van der Waals surface area contributed by atoms with E-state index >= 15 is 0 Å². The van der Waals surface area contributed by atoms with E-state index in [2.05, 4.69) is 4.98 Å². The van der Waals surface area contributed by atoms with E-state index in [1.54, 1.807) is 18.2 Å². The Kier molecular flexibility index (Phi) is 4.05. The van der Waals surface area contributed by atoms with Crippen molar-refractivity contribution in [3.8, 4) is 0 Å². The lowest BCUT2D eigenvalue weighted by Gasteiger charge is -2.24. The molecule has 1 aliphatic heterocycles. The van der Waals surface area contributed by atoms with E-state index in [9.17, 15) is 4.79 Å². The fourth-order valence-electron chi connectivity index (χ4n) is 2.37. The van der Waals surface area contributed by atoms with E-state index in [4.69, 9.17) is 25.8 Å². The number of carbonyl (C=O) groups excluding carboxylic acids is 1. The van der Waals surface area contributed by atoms with Crippen LogP contribution in [-0.4, -0.2) is 37.9 Å². The highest BCUT2D eigenvalue weighted by atomic mass is 35.5. The van der Waals surface area contributed by atoms with E-state index in [1.165, 1.54) is 7.11 Å². The van der Waals surface area contributed by atoms with Crippen LogP contribution in [0.2, 0.25) is 5.02 Å². The summed E-state index contributed by atoms with van der Waals surface area (Å²) in [6.45, 7) is 1.55. The van der Waals surface area contributed by atoms with Crippen LogP contribution in [0.4, 0.5) is 0 Å². The Labute approximate surface area is 126 Å². The van der Waals surface area contributed by atoms with Gasteiger partial charge in [-0.2, -0.15) is 0 Å². The maximum Gasteiger partial charge on any atom is 0.356 e. The third-order valence-electron chi connectivity index (χ3n) is 3.36. The van der Waals surface area contributed by atoms with E-state index in [0.29, 0.717) is 30.4 Å². The molecule has 0 N–H and O–H groups in total. The highest BCUT2D eigenvalue weighted by Gasteiger charge is 2.22. The van der Waals surface area contributed by atoms with Gasteiger partial charge in [-0.05, 0) is 23.8 Å².